The predicted octanol–water partition coefficient (Wildman–Crippen LogP) is 3.18. The molecule has 0 unspecified atom stereocenters. The van der Waals surface area contributed by atoms with E-state index in [4.69, 9.17) is 0 Å². The fourth-order valence-corrected chi connectivity index (χ4v) is 5.81. The lowest BCUT2D eigenvalue weighted by Crippen LogP contribution is -2.51. The van der Waals surface area contributed by atoms with E-state index in [1.54, 1.807) is 6.07 Å². The molecule has 0 saturated heterocycles. The van der Waals surface area contributed by atoms with Gasteiger partial charge in [-0.1, -0.05) is 13.0 Å². The number of rotatable bonds is 1. The molecule has 1 aromatic carbocycles. The summed E-state index contributed by atoms with van der Waals surface area (Å²) < 4.78 is 0. The first-order valence-corrected chi connectivity index (χ1v) is 8.49. The number of benzene rings is 1. The van der Waals surface area contributed by atoms with Gasteiger partial charge in [-0.3, -0.25) is 0 Å². The Bertz CT molecular complexity index is 625. The summed E-state index contributed by atoms with van der Waals surface area (Å²) in [4.78, 5) is 11.5. The zero-order valence-corrected chi connectivity index (χ0v) is 13.1. The summed E-state index contributed by atoms with van der Waals surface area (Å²) in [6, 6.07) is 5.80. The number of aryl methyl sites for hydroxylation is 1. The number of phenolic OH excluding ortho intramolecular Hbond substituents is 1. The predicted molar refractivity (Wildman–Crippen MR) is 83.7 cm³/mol. The van der Waals surface area contributed by atoms with Gasteiger partial charge < -0.3 is 15.0 Å². The van der Waals surface area contributed by atoms with Crippen molar-refractivity contribution in [2.75, 3.05) is 0 Å². The van der Waals surface area contributed by atoms with E-state index >= 15 is 0 Å². The maximum absolute atomic E-state index is 11.5. The van der Waals surface area contributed by atoms with Crippen molar-refractivity contribution < 1.29 is 15.0 Å². The van der Waals surface area contributed by atoms with Crippen molar-refractivity contribution in [2.24, 2.45) is 17.3 Å². The summed E-state index contributed by atoms with van der Waals surface area (Å²) >= 11 is 0. The molecule has 2 fully saturated rings. The second-order valence-corrected chi connectivity index (χ2v) is 7.84. The van der Waals surface area contributed by atoms with Gasteiger partial charge in [-0.15, -0.1) is 0 Å². The molecule has 22 heavy (non-hydrogen) atoms. The van der Waals surface area contributed by atoms with Crippen molar-refractivity contribution in [3.63, 3.8) is 0 Å². The van der Waals surface area contributed by atoms with Crippen LogP contribution in [0.1, 0.15) is 56.1 Å². The molecule has 2 N–H and O–H groups in total. The number of aldehydes is 1. The van der Waals surface area contributed by atoms with Crippen molar-refractivity contribution in [3.8, 4) is 5.75 Å². The third kappa shape index (κ3) is 1.69. The number of phenols is 1. The fraction of sp³-hybridized carbons (Fsp3) is 0.632. The van der Waals surface area contributed by atoms with E-state index in [0.717, 1.165) is 38.4 Å². The van der Waals surface area contributed by atoms with Crippen LogP contribution in [0.2, 0.25) is 0 Å². The van der Waals surface area contributed by atoms with Crippen LogP contribution >= 0.6 is 0 Å². The van der Waals surface area contributed by atoms with Gasteiger partial charge in [0, 0.05) is 5.41 Å². The summed E-state index contributed by atoms with van der Waals surface area (Å²) in [5, 5.41) is 20.5. The van der Waals surface area contributed by atoms with E-state index < -0.39 is 5.60 Å². The van der Waals surface area contributed by atoms with Gasteiger partial charge in [0.15, 0.2) is 6.29 Å². The Balaban J connectivity index is 1.72. The number of aromatic hydroxyl groups is 1. The van der Waals surface area contributed by atoms with E-state index in [0.29, 0.717) is 29.9 Å². The molecular weight excluding hydrogens is 276 g/mol. The van der Waals surface area contributed by atoms with Crippen molar-refractivity contribution >= 4 is 6.29 Å². The number of hydrogen-bond donors (Lipinski definition) is 2. The Hall–Kier alpha value is -1.35. The molecule has 4 rings (SSSR count). The van der Waals surface area contributed by atoms with Crippen molar-refractivity contribution in [3.05, 3.63) is 29.3 Å². The average Bonchev–Trinajstić information content (AvgIpc) is 2.79. The Morgan fingerprint density at radius 2 is 2.05 bits per heavy atom. The maximum Gasteiger partial charge on any atom is 0.152 e. The summed E-state index contributed by atoms with van der Waals surface area (Å²) in [5.41, 5.74) is 1.29. The highest BCUT2D eigenvalue weighted by molar-refractivity contribution is 5.65. The van der Waals surface area contributed by atoms with Crippen LogP contribution in [0.15, 0.2) is 18.2 Å². The first-order chi connectivity index (χ1) is 10.5. The van der Waals surface area contributed by atoms with Crippen LogP contribution < -0.4 is 0 Å². The Morgan fingerprint density at radius 1 is 1.23 bits per heavy atom. The lowest BCUT2D eigenvalue weighted by molar-refractivity contribution is -0.143. The minimum absolute atomic E-state index is 0.260. The standard InChI is InChI=1S/C19H24O3/c1-18-8-6-15-14-5-3-13(21)10-12(14)2-4-16(15)17(18)7-9-19(18,22)11-20/h3,5,10-11,15-17,21-22H,2,4,6-9H2,1H3/t15-,16-,17+,18+,19-/m1/s1. The van der Waals surface area contributed by atoms with Gasteiger partial charge in [-0.25, -0.2) is 0 Å². The molecule has 5 atom stereocenters. The van der Waals surface area contributed by atoms with Crippen LogP contribution in [-0.2, 0) is 11.2 Å². The summed E-state index contributed by atoms with van der Waals surface area (Å²) in [7, 11) is 0. The molecule has 118 valence electrons. The molecule has 0 bridgehead atoms. The molecule has 3 nitrogen and oxygen atoms in total. The number of hydrogen-bond acceptors (Lipinski definition) is 3. The fourth-order valence-electron chi connectivity index (χ4n) is 5.81. The second kappa shape index (κ2) is 4.58. The topological polar surface area (TPSA) is 57.5 Å². The van der Waals surface area contributed by atoms with Crippen LogP contribution in [0.3, 0.4) is 0 Å². The number of fused-ring (bicyclic) bond motifs is 5. The van der Waals surface area contributed by atoms with Gasteiger partial charge in [0.25, 0.3) is 0 Å². The monoisotopic (exact) mass is 300 g/mol. The first kappa shape index (κ1) is 14.3. The quantitative estimate of drug-likeness (QED) is 0.783. The third-order valence-corrected chi connectivity index (χ3v) is 7.12. The van der Waals surface area contributed by atoms with E-state index in [1.165, 1.54) is 11.1 Å². The van der Waals surface area contributed by atoms with Crippen LogP contribution in [0.4, 0.5) is 0 Å². The summed E-state index contributed by atoms with van der Waals surface area (Å²) in [5.74, 6) is 1.87. The van der Waals surface area contributed by atoms with Crippen LogP contribution in [0, 0.1) is 17.3 Å². The van der Waals surface area contributed by atoms with Gasteiger partial charge in [-0.05, 0) is 79.5 Å². The Kier molecular flexibility index (Phi) is 2.96. The highest BCUT2D eigenvalue weighted by Crippen LogP contribution is 2.63. The second-order valence-electron chi connectivity index (χ2n) is 7.84. The van der Waals surface area contributed by atoms with Gasteiger partial charge in [0.1, 0.15) is 11.4 Å². The highest BCUT2D eigenvalue weighted by Gasteiger charge is 2.61. The SMILES string of the molecule is C[C@]12CC[C@@H]3c4ccc(O)cc4CC[C@H]3[C@@H]1CC[C@@]2(O)C=O. The number of carbonyl (C=O) groups is 1. The lowest BCUT2D eigenvalue weighted by Gasteiger charge is -2.52. The maximum atomic E-state index is 11.5. The zero-order chi connectivity index (χ0) is 15.5. The van der Waals surface area contributed by atoms with Gasteiger partial charge in [0.2, 0.25) is 0 Å². The zero-order valence-electron chi connectivity index (χ0n) is 13.1. The number of carbonyl (C=O) groups excluding carboxylic acids is 1. The molecule has 3 heteroatoms. The summed E-state index contributed by atoms with van der Waals surface area (Å²) in [6.07, 6.45) is 6.43. The van der Waals surface area contributed by atoms with Crippen molar-refractivity contribution in [1.82, 2.24) is 0 Å². The van der Waals surface area contributed by atoms with Crippen molar-refractivity contribution in [2.45, 2.75) is 57.0 Å². The summed E-state index contributed by atoms with van der Waals surface area (Å²) in [6.45, 7) is 2.13. The molecule has 0 spiro atoms. The normalized spacial score (nSPS) is 43.1. The highest BCUT2D eigenvalue weighted by atomic mass is 16.3. The van der Waals surface area contributed by atoms with Crippen LogP contribution in [0.25, 0.3) is 0 Å². The molecule has 0 heterocycles. The van der Waals surface area contributed by atoms with E-state index in [-0.39, 0.29) is 5.41 Å². The molecule has 1 aromatic rings. The van der Waals surface area contributed by atoms with E-state index in [1.807, 2.05) is 6.07 Å². The lowest BCUT2D eigenvalue weighted by atomic mass is 9.53. The van der Waals surface area contributed by atoms with E-state index in [2.05, 4.69) is 13.0 Å². The van der Waals surface area contributed by atoms with Gasteiger partial charge in [-0.2, -0.15) is 0 Å². The third-order valence-electron chi connectivity index (χ3n) is 7.12. The molecular formula is C19H24O3. The Labute approximate surface area is 131 Å². The van der Waals surface area contributed by atoms with E-state index in [9.17, 15) is 15.0 Å². The molecule has 0 aliphatic heterocycles. The minimum Gasteiger partial charge on any atom is -0.508 e. The largest absolute Gasteiger partial charge is 0.508 e. The average molecular weight is 300 g/mol. The Morgan fingerprint density at radius 3 is 2.82 bits per heavy atom. The molecule has 0 radical (unpaired) electrons. The molecule has 3 aliphatic rings. The first-order valence-electron chi connectivity index (χ1n) is 8.49. The molecule has 2 saturated carbocycles. The van der Waals surface area contributed by atoms with Gasteiger partial charge in [0.05, 0.1) is 0 Å². The molecule has 0 amide bonds. The van der Waals surface area contributed by atoms with Crippen molar-refractivity contribution in [1.29, 1.82) is 0 Å². The van der Waals surface area contributed by atoms with Gasteiger partial charge >= 0.3 is 0 Å². The smallest absolute Gasteiger partial charge is 0.152 e. The van der Waals surface area contributed by atoms with Crippen LogP contribution in [0.5, 0.6) is 5.75 Å². The van der Waals surface area contributed by atoms with Crippen LogP contribution in [-0.4, -0.2) is 22.1 Å². The molecule has 0 aromatic heterocycles. The number of aliphatic hydroxyl groups is 1. The minimum atomic E-state index is -1.13. The molecule has 3 aliphatic carbocycles.